The lowest BCUT2D eigenvalue weighted by Gasteiger charge is -2.16. The Kier molecular flexibility index (Phi) is 10.6. The standard InChI is InChI=1S/C24H30ClN3O6/c1-6-31-16-10-11-19(21(14-16)33-8-3)27-28-22(15(5)29)24(30)26-20-13-17(32-7-2)12-18(25)23(20)34-9-4/h10-14,22H,6-9H2,1-5H3,(H,26,30). The highest BCUT2D eigenvalue weighted by atomic mass is 35.5. The number of halogens is 1. The number of ether oxygens (including phenoxy) is 4. The van der Waals surface area contributed by atoms with Crippen molar-refractivity contribution in [1.29, 1.82) is 0 Å². The van der Waals surface area contributed by atoms with Crippen molar-refractivity contribution >= 4 is 34.7 Å². The summed E-state index contributed by atoms with van der Waals surface area (Å²) in [7, 11) is 0. The molecule has 0 spiro atoms. The normalized spacial score (nSPS) is 11.7. The van der Waals surface area contributed by atoms with Gasteiger partial charge in [-0.05, 0) is 46.8 Å². The zero-order valence-corrected chi connectivity index (χ0v) is 20.8. The zero-order chi connectivity index (χ0) is 25.1. The lowest BCUT2D eigenvalue weighted by atomic mass is 10.2. The molecule has 184 valence electrons. The van der Waals surface area contributed by atoms with Crippen LogP contribution < -0.4 is 24.3 Å². The van der Waals surface area contributed by atoms with Crippen LogP contribution >= 0.6 is 11.6 Å². The number of carbonyl (C=O) groups is 2. The number of nitrogens with zero attached hydrogens (tertiary/aromatic N) is 2. The molecule has 1 amide bonds. The third-order valence-electron chi connectivity index (χ3n) is 4.33. The van der Waals surface area contributed by atoms with Gasteiger partial charge in [-0.25, -0.2) is 0 Å². The fourth-order valence-electron chi connectivity index (χ4n) is 2.95. The van der Waals surface area contributed by atoms with Crippen molar-refractivity contribution in [2.24, 2.45) is 10.2 Å². The number of anilines is 1. The topological polar surface area (TPSA) is 108 Å². The summed E-state index contributed by atoms with van der Waals surface area (Å²) in [5.74, 6) is 0.573. The van der Waals surface area contributed by atoms with Gasteiger partial charge in [0.15, 0.2) is 11.5 Å². The molecule has 0 saturated heterocycles. The molecule has 0 saturated carbocycles. The number of azo groups is 1. The number of hydrogen-bond donors (Lipinski definition) is 1. The zero-order valence-electron chi connectivity index (χ0n) is 20.0. The van der Waals surface area contributed by atoms with E-state index in [1.165, 1.54) is 6.92 Å². The van der Waals surface area contributed by atoms with Gasteiger partial charge in [-0.3, -0.25) is 9.59 Å². The molecule has 9 nitrogen and oxygen atoms in total. The second kappa shape index (κ2) is 13.4. The van der Waals surface area contributed by atoms with Crippen LogP contribution in [0, 0.1) is 0 Å². The van der Waals surface area contributed by atoms with Crippen LogP contribution in [-0.2, 0) is 9.59 Å². The van der Waals surface area contributed by atoms with E-state index < -0.39 is 17.7 Å². The van der Waals surface area contributed by atoms with Gasteiger partial charge in [0.25, 0.3) is 5.91 Å². The Bertz CT molecular complexity index is 1030. The highest BCUT2D eigenvalue weighted by Gasteiger charge is 2.25. The molecule has 0 radical (unpaired) electrons. The molecule has 2 aromatic carbocycles. The Morgan fingerprint density at radius 3 is 2.18 bits per heavy atom. The number of benzene rings is 2. The molecule has 0 aliphatic heterocycles. The van der Waals surface area contributed by atoms with Crippen LogP contribution in [0.25, 0.3) is 0 Å². The largest absolute Gasteiger partial charge is 0.494 e. The summed E-state index contributed by atoms with van der Waals surface area (Å²) in [6.07, 6.45) is 0. The van der Waals surface area contributed by atoms with Crippen molar-refractivity contribution in [3.05, 3.63) is 35.4 Å². The molecular weight excluding hydrogens is 462 g/mol. The third kappa shape index (κ3) is 7.34. The van der Waals surface area contributed by atoms with E-state index in [-0.39, 0.29) is 16.5 Å². The fraction of sp³-hybridized carbons (Fsp3) is 0.417. The molecule has 34 heavy (non-hydrogen) atoms. The first-order valence-corrected chi connectivity index (χ1v) is 11.4. The van der Waals surface area contributed by atoms with Crippen LogP contribution in [-0.4, -0.2) is 44.2 Å². The van der Waals surface area contributed by atoms with Gasteiger partial charge >= 0.3 is 0 Å². The van der Waals surface area contributed by atoms with E-state index in [1.807, 2.05) is 20.8 Å². The van der Waals surface area contributed by atoms with Gasteiger partial charge in [0.1, 0.15) is 22.9 Å². The van der Waals surface area contributed by atoms with Crippen molar-refractivity contribution in [3.8, 4) is 23.0 Å². The Labute approximate surface area is 204 Å². The first-order valence-electron chi connectivity index (χ1n) is 11.0. The molecule has 0 fully saturated rings. The van der Waals surface area contributed by atoms with Gasteiger partial charge in [-0.1, -0.05) is 11.6 Å². The third-order valence-corrected chi connectivity index (χ3v) is 4.61. The first kappa shape index (κ1) is 26.9. The quantitative estimate of drug-likeness (QED) is 0.288. The average molecular weight is 492 g/mol. The van der Waals surface area contributed by atoms with Crippen molar-refractivity contribution in [2.75, 3.05) is 31.7 Å². The highest BCUT2D eigenvalue weighted by molar-refractivity contribution is 6.33. The van der Waals surface area contributed by atoms with E-state index in [0.717, 1.165) is 0 Å². The summed E-state index contributed by atoms with van der Waals surface area (Å²) in [4.78, 5) is 25.2. The van der Waals surface area contributed by atoms with E-state index in [0.29, 0.717) is 49.4 Å². The fourth-order valence-corrected chi connectivity index (χ4v) is 3.21. The number of nitrogens with one attached hydrogen (secondary N) is 1. The summed E-state index contributed by atoms with van der Waals surface area (Å²) in [6.45, 7) is 10.2. The Morgan fingerprint density at radius 2 is 1.56 bits per heavy atom. The second-order valence-electron chi connectivity index (χ2n) is 6.86. The summed E-state index contributed by atoms with van der Waals surface area (Å²) in [5, 5.41) is 11.0. The maximum absolute atomic E-state index is 13.0. The van der Waals surface area contributed by atoms with E-state index in [4.69, 9.17) is 30.5 Å². The van der Waals surface area contributed by atoms with Crippen LogP contribution in [0.4, 0.5) is 11.4 Å². The summed E-state index contributed by atoms with van der Waals surface area (Å²) >= 11 is 6.31. The molecule has 0 bridgehead atoms. The van der Waals surface area contributed by atoms with E-state index >= 15 is 0 Å². The molecule has 2 aromatic rings. The molecular formula is C24H30ClN3O6. The van der Waals surface area contributed by atoms with E-state index in [2.05, 4.69) is 15.5 Å². The lowest BCUT2D eigenvalue weighted by Crippen LogP contribution is -2.32. The minimum atomic E-state index is -1.40. The number of amides is 1. The van der Waals surface area contributed by atoms with Gasteiger partial charge < -0.3 is 24.3 Å². The number of ketones is 1. The van der Waals surface area contributed by atoms with Gasteiger partial charge in [-0.15, -0.1) is 0 Å². The molecule has 0 heterocycles. The van der Waals surface area contributed by atoms with Crippen molar-refractivity contribution in [1.82, 2.24) is 0 Å². The molecule has 1 N–H and O–H groups in total. The summed E-state index contributed by atoms with van der Waals surface area (Å²) in [6, 6.07) is 6.80. The van der Waals surface area contributed by atoms with Crippen LogP contribution in [0.2, 0.25) is 5.02 Å². The van der Waals surface area contributed by atoms with Crippen LogP contribution in [0.15, 0.2) is 40.6 Å². The van der Waals surface area contributed by atoms with Gasteiger partial charge in [0, 0.05) is 18.2 Å². The van der Waals surface area contributed by atoms with Gasteiger partial charge in [-0.2, -0.15) is 10.2 Å². The van der Waals surface area contributed by atoms with Gasteiger partial charge in [0.05, 0.1) is 37.1 Å². The van der Waals surface area contributed by atoms with E-state index in [9.17, 15) is 9.59 Å². The lowest BCUT2D eigenvalue weighted by molar-refractivity contribution is -0.126. The minimum Gasteiger partial charge on any atom is -0.494 e. The highest BCUT2D eigenvalue weighted by Crippen LogP contribution is 2.38. The Hall–Kier alpha value is -3.33. The summed E-state index contributed by atoms with van der Waals surface area (Å²) in [5.41, 5.74) is 0.626. The Morgan fingerprint density at radius 1 is 0.912 bits per heavy atom. The maximum atomic E-state index is 13.0. The molecule has 10 heteroatoms. The SMILES string of the molecule is CCOc1cc(Cl)c(OCC)c(NC(=O)C(N=Nc2ccc(OCC)cc2OCC)C(C)=O)c1. The number of rotatable bonds is 13. The molecule has 1 unspecified atom stereocenters. The number of hydrogen-bond acceptors (Lipinski definition) is 8. The minimum absolute atomic E-state index is 0.264. The second-order valence-corrected chi connectivity index (χ2v) is 7.27. The molecule has 0 aliphatic carbocycles. The molecule has 0 aromatic heterocycles. The van der Waals surface area contributed by atoms with Crippen LogP contribution in [0.1, 0.15) is 34.6 Å². The number of Topliss-reactive ketones (excluding diaryl/α,β-unsaturated/α-hetero) is 1. The predicted octanol–water partition coefficient (Wildman–Crippen LogP) is 5.61. The van der Waals surface area contributed by atoms with Gasteiger partial charge in [0.2, 0.25) is 6.04 Å². The molecule has 2 rings (SSSR count). The monoisotopic (exact) mass is 491 g/mol. The first-order chi connectivity index (χ1) is 16.3. The van der Waals surface area contributed by atoms with Crippen LogP contribution in [0.5, 0.6) is 23.0 Å². The Balaban J connectivity index is 2.34. The molecule has 1 atom stereocenters. The van der Waals surface area contributed by atoms with E-state index in [1.54, 1.807) is 37.3 Å². The average Bonchev–Trinajstić information content (AvgIpc) is 2.78. The maximum Gasteiger partial charge on any atom is 0.258 e. The predicted molar refractivity (Wildman–Crippen MR) is 130 cm³/mol. The van der Waals surface area contributed by atoms with Crippen LogP contribution in [0.3, 0.4) is 0 Å². The number of carbonyl (C=O) groups excluding carboxylic acids is 2. The van der Waals surface area contributed by atoms with Crippen molar-refractivity contribution < 1.29 is 28.5 Å². The van der Waals surface area contributed by atoms with Crippen molar-refractivity contribution in [2.45, 2.75) is 40.7 Å². The smallest absolute Gasteiger partial charge is 0.258 e. The molecule has 0 aliphatic rings. The van der Waals surface area contributed by atoms with Crippen molar-refractivity contribution in [3.63, 3.8) is 0 Å². The summed E-state index contributed by atoms with van der Waals surface area (Å²) < 4.78 is 22.2.